The van der Waals surface area contributed by atoms with E-state index < -0.39 is 17.2 Å². The Kier molecular flexibility index (Phi) is 2.95. The fourth-order valence-electron chi connectivity index (χ4n) is 2.06. The van der Waals surface area contributed by atoms with Crippen molar-refractivity contribution >= 4 is 0 Å². The second-order valence-corrected chi connectivity index (χ2v) is 4.69. The Bertz CT molecular complexity index is 393. The normalized spacial score (nSPS) is 26.2. The zero-order chi connectivity index (χ0) is 11.8. The number of likely N-dealkylation sites (tertiary alicyclic amines) is 1. The molecule has 1 fully saturated rings. The van der Waals surface area contributed by atoms with Gasteiger partial charge in [0.25, 0.3) is 0 Å². The van der Waals surface area contributed by atoms with Gasteiger partial charge >= 0.3 is 0 Å². The van der Waals surface area contributed by atoms with E-state index in [1.165, 1.54) is 12.1 Å². The van der Waals surface area contributed by atoms with Crippen LogP contribution in [-0.4, -0.2) is 28.7 Å². The van der Waals surface area contributed by atoms with Crippen LogP contribution in [0.5, 0.6) is 0 Å². The molecule has 1 aliphatic rings. The molecular weight excluding hydrogens is 212 g/mol. The Labute approximate surface area is 93.5 Å². The summed E-state index contributed by atoms with van der Waals surface area (Å²) in [4.78, 5) is 1.97. The molecule has 2 nitrogen and oxygen atoms in total. The first-order chi connectivity index (χ1) is 7.46. The number of hydrogen-bond donors (Lipinski definition) is 1. The molecule has 0 amide bonds. The van der Waals surface area contributed by atoms with Gasteiger partial charge in [-0.25, -0.2) is 8.78 Å². The summed E-state index contributed by atoms with van der Waals surface area (Å²) in [5.41, 5.74) is -0.213. The van der Waals surface area contributed by atoms with Crippen LogP contribution < -0.4 is 0 Å². The summed E-state index contributed by atoms with van der Waals surface area (Å²) in [6, 6.07) is 3.61. The standard InChI is InChI=1S/C12H15F2NO/c1-12(16)4-5-15(8-12)7-9-2-3-10(13)6-11(9)14/h2-3,6,16H,4-5,7-8H2,1H3. The van der Waals surface area contributed by atoms with Crippen LogP contribution >= 0.6 is 0 Å². The first-order valence-corrected chi connectivity index (χ1v) is 5.35. The predicted octanol–water partition coefficient (Wildman–Crippen LogP) is 1.92. The van der Waals surface area contributed by atoms with E-state index in [1.54, 1.807) is 6.92 Å². The number of nitrogens with zero attached hydrogens (tertiary/aromatic N) is 1. The van der Waals surface area contributed by atoms with Gasteiger partial charge in [0.05, 0.1) is 5.60 Å². The van der Waals surface area contributed by atoms with Crippen LogP contribution in [0.3, 0.4) is 0 Å². The highest BCUT2D eigenvalue weighted by atomic mass is 19.1. The summed E-state index contributed by atoms with van der Waals surface area (Å²) in [7, 11) is 0. The van der Waals surface area contributed by atoms with Gasteiger partial charge in [0.2, 0.25) is 0 Å². The molecule has 1 saturated heterocycles. The first kappa shape index (κ1) is 11.5. The second-order valence-electron chi connectivity index (χ2n) is 4.69. The molecule has 1 aromatic rings. The SMILES string of the molecule is CC1(O)CCN(Cc2ccc(F)cc2F)C1. The molecule has 4 heteroatoms. The van der Waals surface area contributed by atoms with E-state index in [-0.39, 0.29) is 0 Å². The number of halogens is 2. The molecule has 0 bridgehead atoms. The van der Waals surface area contributed by atoms with Crippen LogP contribution in [0.1, 0.15) is 18.9 Å². The highest BCUT2D eigenvalue weighted by molar-refractivity contribution is 5.18. The molecule has 1 heterocycles. The van der Waals surface area contributed by atoms with Gasteiger partial charge in [-0.3, -0.25) is 4.90 Å². The topological polar surface area (TPSA) is 23.5 Å². The smallest absolute Gasteiger partial charge is 0.130 e. The van der Waals surface area contributed by atoms with Gasteiger partial charge in [-0.15, -0.1) is 0 Å². The molecule has 1 N–H and O–H groups in total. The molecule has 16 heavy (non-hydrogen) atoms. The van der Waals surface area contributed by atoms with Crippen molar-refractivity contribution in [3.63, 3.8) is 0 Å². The Balaban J connectivity index is 2.05. The largest absolute Gasteiger partial charge is 0.389 e. The second kappa shape index (κ2) is 4.11. The number of benzene rings is 1. The third-order valence-corrected chi connectivity index (χ3v) is 2.94. The van der Waals surface area contributed by atoms with Gasteiger partial charge in [0, 0.05) is 31.3 Å². The maximum Gasteiger partial charge on any atom is 0.130 e. The van der Waals surface area contributed by atoms with Crippen molar-refractivity contribution in [1.29, 1.82) is 0 Å². The van der Waals surface area contributed by atoms with Crippen LogP contribution in [-0.2, 0) is 6.54 Å². The lowest BCUT2D eigenvalue weighted by atomic mass is 10.1. The van der Waals surface area contributed by atoms with Crippen LogP contribution in [0.4, 0.5) is 8.78 Å². The molecule has 0 spiro atoms. The Morgan fingerprint density at radius 1 is 1.44 bits per heavy atom. The number of β-amino-alcohol motifs (C(OH)–C–C–N with tert-alkyl or cyclic N) is 1. The van der Waals surface area contributed by atoms with Crippen LogP contribution in [0.25, 0.3) is 0 Å². The minimum absolute atomic E-state index is 0.419. The van der Waals surface area contributed by atoms with Crippen LogP contribution in [0, 0.1) is 11.6 Å². The summed E-state index contributed by atoms with van der Waals surface area (Å²) in [5.74, 6) is -1.08. The lowest BCUT2D eigenvalue weighted by Crippen LogP contribution is -2.29. The Morgan fingerprint density at radius 2 is 2.19 bits per heavy atom. The van der Waals surface area contributed by atoms with Gasteiger partial charge in [-0.05, 0) is 19.4 Å². The fraction of sp³-hybridized carbons (Fsp3) is 0.500. The summed E-state index contributed by atoms with van der Waals surface area (Å²) in [6.07, 6.45) is 0.690. The van der Waals surface area contributed by atoms with E-state index in [0.29, 0.717) is 25.1 Å². The number of rotatable bonds is 2. The third kappa shape index (κ3) is 2.57. The van der Waals surface area contributed by atoms with Crippen molar-refractivity contribution in [3.8, 4) is 0 Å². The number of hydrogen-bond acceptors (Lipinski definition) is 2. The summed E-state index contributed by atoms with van der Waals surface area (Å²) < 4.78 is 26.1. The highest BCUT2D eigenvalue weighted by Gasteiger charge is 2.31. The lowest BCUT2D eigenvalue weighted by molar-refractivity contribution is 0.0677. The number of aliphatic hydroxyl groups is 1. The molecule has 0 saturated carbocycles. The molecule has 0 radical (unpaired) electrons. The fourth-order valence-corrected chi connectivity index (χ4v) is 2.06. The van der Waals surface area contributed by atoms with E-state index in [0.717, 1.165) is 12.6 Å². The Hall–Kier alpha value is -1.00. The summed E-state index contributed by atoms with van der Waals surface area (Å²) >= 11 is 0. The van der Waals surface area contributed by atoms with Gasteiger partial charge in [-0.1, -0.05) is 6.07 Å². The average molecular weight is 227 g/mol. The van der Waals surface area contributed by atoms with Gasteiger partial charge in [0.15, 0.2) is 0 Å². The maximum absolute atomic E-state index is 13.4. The molecule has 88 valence electrons. The summed E-state index contributed by atoms with van der Waals surface area (Å²) in [5, 5.41) is 9.76. The Morgan fingerprint density at radius 3 is 2.75 bits per heavy atom. The molecule has 1 aliphatic heterocycles. The molecular formula is C12H15F2NO. The molecule has 0 aliphatic carbocycles. The van der Waals surface area contributed by atoms with E-state index in [2.05, 4.69) is 0 Å². The highest BCUT2D eigenvalue weighted by Crippen LogP contribution is 2.22. The predicted molar refractivity (Wildman–Crippen MR) is 56.9 cm³/mol. The zero-order valence-corrected chi connectivity index (χ0v) is 9.21. The quantitative estimate of drug-likeness (QED) is 0.834. The van der Waals surface area contributed by atoms with E-state index in [9.17, 15) is 13.9 Å². The summed E-state index contributed by atoms with van der Waals surface area (Å²) in [6.45, 7) is 3.46. The molecule has 2 rings (SSSR count). The monoisotopic (exact) mass is 227 g/mol. The minimum atomic E-state index is -0.684. The first-order valence-electron chi connectivity index (χ1n) is 5.35. The van der Waals surface area contributed by atoms with Crippen molar-refractivity contribution in [3.05, 3.63) is 35.4 Å². The zero-order valence-electron chi connectivity index (χ0n) is 9.21. The minimum Gasteiger partial charge on any atom is -0.389 e. The van der Waals surface area contributed by atoms with Crippen molar-refractivity contribution in [2.75, 3.05) is 13.1 Å². The van der Waals surface area contributed by atoms with Crippen molar-refractivity contribution in [2.24, 2.45) is 0 Å². The van der Waals surface area contributed by atoms with Crippen molar-refractivity contribution in [2.45, 2.75) is 25.5 Å². The van der Waals surface area contributed by atoms with Gasteiger partial charge in [0.1, 0.15) is 11.6 Å². The van der Waals surface area contributed by atoms with Crippen molar-refractivity contribution < 1.29 is 13.9 Å². The lowest BCUT2D eigenvalue weighted by Gasteiger charge is -2.19. The van der Waals surface area contributed by atoms with Gasteiger partial charge in [-0.2, -0.15) is 0 Å². The maximum atomic E-state index is 13.4. The van der Waals surface area contributed by atoms with Gasteiger partial charge < -0.3 is 5.11 Å². The van der Waals surface area contributed by atoms with Crippen LogP contribution in [0.2, 0.25) is 0 Å². The average Bonchev–Trinajstić information content (AvgIpc) is 2.51. The van der Waals surface area contributed by atoms with E-state index >= 15 is 0 Å². The molecule has 0 aromatic heterocycles. The van der Waals surface area contributed by atoms with Crippen molar-refractivity contribution in [1.82, 2.24) is 4.90 Å². The molecule has 1 aromatic carbocycles. The van der Waals surface area contributed by atoms with E-state index in [1.807, 2.05) is 4.90 Å². The van der Waals surface area contributed by atoms with E-state index in [4.69, 9.17) is 0 Å². The molecule has 1 unspecified atom stereocenters. The van der Waals surface area contributed by atoms with Crippen LogP contribution in [0.15, 0.2) is 18.2 Å². The third-order valence-electron chi connectivity index (χ3n) is 2.94. The molecule has 1 atom stereocenters.